The lowest BCUT2D eigenvalue weighted by Crippen LogP contribution is -2.31. The van der Waals surface area contributed by atoms with Crippen LogP contribution < -0.4 is 4.90 Å². The zero-order valence-corrected chi connectivity index (χ0v) is 12.8. The van der Waals surface area contributed by atoms with Gasteiger partial charge in [-0.25, -0.2) is 5.10 Å². The smallest absolute Gasteiger partial charge is 0.225 e. The minimum absolute atomic E-state index is 0.665. The van der Waals surface area contributed by atoms with Crippen LogP contribution in [0.3, 0.4) is 0 Å². The summed E-state index contributed by atoms with van der Waals surface area (Å²) in [5.74, 6) is 0.889. The number of rotatable bonds is 10. The summed E-state index contributed by atoms with van der Waals surface area (Å²) >= 11 is 5.27. The first kappa shape index (κ1) is 16.1. The molecule has 1 rings (SSSR count). The Morgan fingerprint density at radius 2 is 2.00 bits per heavy atom. The van der Waals surface area contributed by atoms with Crippen LogP contribution in [0.1, 0.15) is 19.8 Å². The zero-order chi connectivity index (χ0) is 14.1. The van der Waals surface area contributed by atoms with Crippen LogP contribution in [0.2, 0.25) is 0 Å². The summed E-state index contributed by atoms with van der Waals surface area (Å²) in [6.45, 7) is 6.08. The first-order chi connectivity index (χ1) is 9.24. The number of ether oxygens (including phenoxy) is 2. The molecule has 0 aliphatic heterocycles. The van der Waals surface area contributed by atoms with E-state index in [1.54, 1.807) is 14.2 Å². The zero-order valence-electron chi connectivity index (χ0n) is 12.0. The number of hydrogen-bond acceptors (Lipinski definition) is 5. The first-order valence-electron chi connectivity index (χ1n) is 6.62. The second kappa shape index (κ2) is 9.06. The number of aromatic amines is 1. The Hall–Kier alpha value is -0.920. The Morgan fingerprint density at radius 3 is 2.63 bits per heavy atom. The van der Waals surface area contributed by atoms with Crippen LogP contribution in [-0.4, -0.2) is 55.3 Å². The van der Waals surface area contributed by atoms with Crippen molar-refractivity contribution in [3.8, 4) is 0 Å². The fourth-order valence-electron chi connectivity index (χ4n) is 1.89. The maximum atomic E-state index is 5.27. The van der Waals surface area contributed by atoms with Gasteiger partial charge in [0.15, 0.2) is 4.77 Å². The topological polar surface area (TPSA) is 55.3 Å². The van der Waals surface area contributed by atoms with Crippen LogP contribution in [-0.2, 0) is 16.0 Å². The molecule has 1 aromatic rings. The van der Waals surface area contributed by atoms with Gasteiger partial charge in [0, 0.05) is 40.5 Å². The number of nitrogens with one attached hydrogen (secondary N) is 1. The van der Waals surface area contributed by atoms with Crippen molar-refractivity contribution in [1.29, 1.82) is 0 Å². The van der Waals surface area contributed by atoms with Crippen molar-refractivity contribution in [2.75, 3.05) is 45.4 Å². The molecular formula is C12H24N4O2S. The molecule has 0 aliphatic rings. The largest absolute Gasteiger partial charge is 0.385 e. The molecule has 0 radical (unpaired) electrons. The molecule has 1 aromatic heterocycles. The van der Waals surface area contributed by atoms with Gasteiger partial charge < -0.3 is 14.4 Å². The number of aromatic nitrogens is 3. The van der Waals surface area contributed by atoms with Gasteiger partial charge in [-0.1, -0.05) is 6.92 Å². The molecule has 0 aliphatic carbocycles. The fourth-order valence-corrected chi connectivity index (χ4v) is 2.11. The normalized spacial score (nSPS) is 10.9. The molecular weight excluding hydrogens is 264 g/mol. The third kappa shape index (κ3) is 4.93. The number of methoxy groups -OCH3 is 2. The maximum Gasteiger partial charge on any atom is 0.225 e. The average Bonchev–Trinajstić information content (AvgIpc) is 2.76. The molecule has 0 saturated heterocycles. The van der Waals surface area contributed by atoms with E-state index in [9.17, 15) is 0 Å². The molecule has 0 saturated carbocycles. The predicted octanol–water partition coefficient (Wildman–Crippen LogP) is 1.84. The quantitative estimate of drug-likeness (QED) is 0.526. The number of anilines is 1. The third-order valence-electron chi connectivity index (χ3n) is 2.81. The van der Waals surface area contributed by atoms with Crippen LogP contribution in [0.25, 0.3) is 0 Å². The monoisotopic (exact) mass is 288 g/mol. The highest BCUT2D eigenvalue weighted by Crippen LogP contribution is 2.12. The summed E-state index contributed by atoms with van der Waals surface area (Å²) in [5.41, 5.74) is 0. The van der Waals surface area contributed by atoms with E-state index in [0.717, 1.165) is 45.0 Å². The van der Waals surface area contributed by atoms with E-state index in [2.05, 4.69) is 22.0 Å². The number of H-pyrrole nitrogens is 1. The third-order valence-corrected chi connectivity index (χ3v) is 3.12. The van der Waals surface area contributed by atoms with Crippen LogP contribution in [0.15, 0.2) is 0 Å². The van der Waals surface area contributed by atoms with Crippen molar-refractivity contribution in [1.82, 2.24) is 14.8 Å². The average molecular weight is 288 g/mol. The summed E-state index contributed by atoms with van der Waals surface area (Å²) < 4.78 is 13.0. The minimum Gasteiger partial charge on any atom is -0.385 e. The highest BCUT2D eigenvalue weighted by atomic mass is 32.1. The lowest BCUT2D eigenvalue weighted by Gasteiger charge is -2.23. The molecule has 0 atom stereocenters. The Bertz CT molecular complexity index is 405. The second-order valence-corrected chi connectivity index (χ2v) is 4.69. The fraction of sp³-hybridized carbons (Fsp3) is 0.833. The van der Waals surface area contributed by atoms with Gasteiger partial charge in [0.25, 0.3) is 0 Å². The van der Waals surface area contributed by atoms with Gasteiger partial charge in [-0.3, -0.25) is 4.57 Å². The van der Waals surface area contributed by atoms with Gasteiger partial charge in [0.2, 0.25) is 5.95 Å². The highest BCUT2D eigenvalue weighted by Gasteiger charge is 2.13. The van der Waals surface area contributed by atoms with Crippen LogP contribution in [0.4, 0.5) is 5.95 Å². The van der Waals surface area contributed by atoms with Gasteiger partial charge in [-0.05, 0) is 25.1 Å². The van der Waals surface area contributed by atoms with Crippen molar-refractivity contribution in [3.05, 3.63) is 4.77 Å². The Labute approximate surface area is 119 Å². The van der Waals surface area contributed by atoms with Gasteiger partial charge in [-0.15, -0.1) is 5.10 Å². The number of nitrogens with zero attached hydrogens (tertiary/aromatic N) is 3. The second-order valence-electron chi connectivity index (χ2n) is 4.31. The summed E-state index contributed by atoms with van der Waals surface area (Å²) in [5, 5.41) is 7.21. The maximum absolute atomic E-state index is 5.27. The van der Waals surface area contributed by atoms with E-state index in [4.69, 9.17) is 21.7 Å². The van der Waals surface area contributed by atoms with Gasteiger partial charge in [0.05, 0.1) is 6.61 Å². The van der Waals surface area contributed by atoms with Crippen molar-refractivity contribution >= 4 is 18.2 Å². The number of hydrogen-bond donors (Lipinski definition) is 1. The van der Waals surface area contributed by atoms with Crippen molar-refractivity contribution in [2.24, 2.45) is 0 Å². The van der Waals surface area contributed by atoms with E-state index in [-0.39, 0.29) is 0 Å². The highest BCUT2D eigenvalue weighted by molar-refractivity contribution is 7.71. The summed E-state index contributed by atoms with van der Waals surface area (Å²) in [4.78, 5) is 2.18. The molecule has 0 spiro atoms. The van der Waals surface area contributed by atoms with Crippen molar-refractivity contribution in [3.63, 3.8) is 0 Å². The lowest BCUT2D eigenvalue weighted by molar-refractivity contribution is 0.190. The summed E-state index contributed by atoms with van der Waals surface area (Å²) in [6, 6.07) is 0. The molecule has 0 bridgehead atoms. The lowest BCUT2D eigenvalue weighted by atomic mass is 10.4. The Morgan fingerprint density at radius 1 is 1.26 bits per heavy atom. The van der Waals surface area contributed by atoms with Gasteiger partial charge in [-0.2, -0.15) is 0 Å². The van der Waals surface area contributed by atoms with Crippen molar-refractivity contribution < 1.29 is 9.47 Å². The predicted molar refractivity (Wildman–Crippen MR) is 78.3 cm³/mol. The first-order valence-corrected chi connectivity index (χ1v) is 7.03. The minimum atomic E-state index is 0.665. The SMILES string of the molecule is CCCn1c(N(CCCOC)CCOC)n[nH]c1=S. The molecule has 6 nitrogen and oxygen atoms in total. The molecule has 1 N–H and O–H groups in total. The van der Waals surface area contributed by atoms with Crippen LogP contribution in [0, 0.1) is 4.77 Å². The van der Waals surface area contributed by atoms with E-state index in [0.29, 0.717) is 11.4 Å². The van der Waals surface area contributed by atoms with E-state index in [1.165, 1.54) is 0 Å². The molecule has 1 heterocycles. The summed E-state index contributed by atoms with van der Waals surface area (Å²) in [6.07, 6.45) is 1.98. The Kier molecular flexibility index (Phi) is 7.69. The van der Waals surface area contributed by atoms with E-state index < -0.39 is 0 Å². The molecule has 19 heavy (non-hydrogen) atoms. The Balaban J connectivity index is 2.79. The molecule has 0 fully saturated rings. The molecule has 7 heteroatoms. The molecule has 110 valence electrons. The van der Waals surface area contributed by atoms with Gasteiger partial charge >= 0.3 is 0 Å². The van der Waals surface area contributed by atoms with Crippen molar-refractivity contribution in [2.45, 2.75) is 26.3 Å². The van der Waals surface area contributed by atoms with Crippen LogP contribution in [0.5, 0.6) is 0 Å². The molecule has 0 amide bonds. The molecule has 0 aromatic carbocycles. The van der Waals surface area contributed by atoms with Crippen LogP contribution >= 0.6 is 12.2 Å². The molecule has 0 unspecified atom stereocenters. The summed E-state index contributed by atoms with van der Waals surface area (Å²) in [7, 11) is 3.42. The van der Waals surface area contributed by atoms with E-state index in [1.807, 2.05) is 4.57 Å². The van der Waals surface area contributed by atoms with E-state index >= 15 is 0 Å². The van der Waals surface area contributed by atoms with Gasteiger partial charge in [0.1, 0.15) is 0 Å². The standard InChI is InChI=1S/C12H24N4O2S/c1-4-6-16-11(13-14-12(16)19)15(8-10-18-3)7-5-9-17-2/h4-10H2,1-3H3,(H,14,19).